The van der Waals surface area contributed by atoms with Crippen molar-refractivity contribution in [3.63, 3.8) is 0 Å². The number of alkyl halides is 2. The van der Waals surface area contributed by atoms with Crippen molar-refractivity contribution in [2.45, 2.75) is 18.8 Å². The number of anilines is 1. The van der Waals surface area contributed by atoms with Crippen molar-refractivity contribution in [1.82, 2.24) is 24.6 Å². The lowest BCUT2D eigenvalue weighted by molar-refractivity contribution is -0.00831. The minimum absolute atomic E-state index is 0.206. The quantitative estimate of drug-likeness (QED) is 0.573. The molecule has 1 fully saturated rings. The number of pyridine rings is 1. The van der Waals surface area contributed by atoms with E-state index in [1.807, 2.05) is 30.6 Å². The first-order chi connectivity index (χ1) is 12.6. The second-order valence-electron chi connectivity index (χ2n) is 6.66. The SMILES string of the molecule is FC(F)(CNc1ncc2c(-c3ccn4nccc4c3)c[nH]c2n1)C1CC1. The molecule has 4 aromatic heterocycles. The maximum absolute atomic E-state index is 13.8. The summed E-state index contributed by atoms with van der Waals surface area (Å²) in [5.74, 6) is -3.01. The van der Waals surface area contributed by atoms with Crippen molar-refractivity contribution in [2.24, 2.45) is 5.92 Å². The smallest absolute Gasteiger partial charge is 0.267 e. The first kappa shape index (κ1) is 15.2. The van der Waals surface area contributed by atoms with Gasteiger partial charge in [-0.3, -0.25) is 0 Å². The number of fused-ring (bicyclic) bond motifs is 2. The fraction of sp³-hybridized carbons (Fsp3) is 0.278. The molecule has 1 aliphatic rings. The van der Waals surface area contributed by atoms with E-state index in [1.165, 1.54) is 0 Å². The number of nitrogens with zero attached hydrogens (tertiary/aromatic N) is 4. The highest BCUT2D eigenvalue weighted by Gasteiger charge is 2.46. The zero-order valence-corrected chi connectivity index (χ0v) is 13.8. The second kappa shape index (κ2) is 5.48. The van der Waals surface area contributed by atoms with Crippen LogP contribution in [0.5, 0.6) is 0 Å². The molecule has 26 heavy (non-hydrogen) atoms. The zero-order chi connectivity index (χ0) is 17.7. The number of H-pyrrole nitrogens is 1. The molecule has 0 atom stereocenters. The number of halogens is 2. The van der Waals surface area contributed by atoms with E-state index >= 15 is 0 Å². The maximum atomic E-state index is 13.8. The molecule has 0 spiro atoms. The van der Waals surface area contributed by atoms with E-state index in [1.54, 1.807) is 16.9 Å². The van der Waals surface area contributed by atoms with E-state index in [0.717, 1.165) is 22.0 Å². The van der Waals surface area contributed by atoms with Gasteiger partial charge in [-0.05, 0) is 36.6 Å². The predicted octanol–water partition coefficient (Wildman–Crippen LogP) is 3.73. The molecule has 5 rings (SSSR count). The molecule has 0 aromatic carbocycles. The number of rotatable bonds is 5. The van der Waals surface area contributed by atoms with Crippen LogP contribution in [0.15, 0.2) is 43.0 Å². The molecule has 2 N–H and O–H groups in total. The van der Waals surface area contributed by atoms with Crippen LogP contribution in [-0.4, -0.2) is 37.0 Å². The third-order valence-electron chi connectivity index (χ3n) is 4.80. The maximum Gasteiger partial charge on any atom is 0.267 e. The average molecular weight is 354 g/mol. The van der Waals surface area contributed by atoms with Crippen LogP contribution in [0, 0.1) is 5.92 Å². The molecular weight excluding hydrogens is 338 g/mol. The topological polar surface area (TPSA) is 70.9 Å². The Morgan fingerprint density at radius 1 is 1.31 bits per heavy atom. The molecule has 1 aliphatic carbocycles. The fourth-order valence-corrected chi connectivity index (χ4v) is 3.17. The van der Waals surface area contributed by atoms with Crippen LogP contribution in [-0.2, 0) is 0 Å². The van der Waals surface area contributed by atoms with Gasteiger partial charge in [0.2, 0.25) is 5.95 Å². The number of aromatic amines is 1. The third-order valence-corrected chi connectivity index (χ3v) is 4.80. The Morgan fingerprint density at radius 2 is 2.19 bits per heavy atom. The molecule has 0 bridgehead atoms. The monoisotopic (exact) mass is 354 g/mol. The molecule has 4 aromatic rings. The minimum Gasteiger partial charge on any atom is -0.348 e. The van der Waals surface area contributed by atoms with E-state index < -0.39 is 18.4 Å². The average Bonchev–Trinajstić information content (AvgIpc) is 3.27. The summed E-state index contributed by atoms with van der Waals surface area (Å²) in [7, 11) is 0. The highest BCUT2D eigenvalue weighted by atomic mass is 19.3. The molecular formula is C18H16F2N6. The van der Waals surface area contributed by atoms with Crippen molar-refractivity contribution < 1.29 is 8.78 Å². The minimum atomic E-state index is -2.71. The van der Waals surface area contributed by atoms with Gasteiger partial charge in [0.25, 0.3) is 5.92 Å². The molecule has 4 heterocycles. The normalized spacial score (nSPS) is 15.0. The molecule has 6 nitrogen and oxygen atoms in total. The van der Waals surface area contributed by atoms with Crippen molar-refractivity contribution in [1.29, 1.82) is 0 Å². The molecule has 132 valence electrons. The lowest BCUT2D eigenvalue weighted by atomic mass is 10.1. The van der Waals surface area contributed by atoms with Crippen LogP contribution in [0.4, 0.5) is 14.7 Å². The van der Waals surface area contributed by atoms with Gasteiger partial charge in [-0.1, -0.05) is 0 Å². The summed E-state index contributed by atoms with van der Waals surface area (Å²) in [6.45, 7) is -0.436. The van der Waals surface area contributed by atoms with Crippen LogP contribution in [0.25, 0.3) is 27.7 Å². The summed E-state index contributed by atoms with van der Waals surface area (Å²) in [4.78, 5) is 11.6. The predicted molar refractivity (Wildman–Crippen MR) is 94.2 cm³/mol. The Hall–Kier alpha value is -3.03. The van der Waals surface area contributed by atoms with Crippen LogP contribution in [0.2, 0.25) is 0 Å². The van der Waals surface area contributed by atoms with Crippen molar-refractivity contribution in [3.8, 4) is 11.1 Å². The molecule has 0 amide bonds. The van der Waals surface area contributed by atoms with Crippen LogP contribution >= 0.6 is 0 Å². The van der Waals surface area contributed by atoms with Gasteiger partial charge in [0, 0.05) is 41.7 Å². The summed E-state index contributed by atoms with van der Waals surface area (Å²) in [6, 6.07) is 5.92. The lowest BCUT2D eigenvalue weighted by Gasteiger charge is -2.15. The second-order valence-corrected chi connectivity index (χ2v) is 6.66. The van der Waals surface area contributed by atoms with Gasteiger partial charge in [-0.2, -0.15) is 10.1 Å². The Morgan fingerprint density at radius 3 is 3.04 bits per heavy atom. The van der Waals surface area contributed by atoms with Crippen LogP contribution in [0.3, 0.4) is 0 Å². The molecule has 0 radical (unpaired) electrons. The fourth-order valence-electron chi connectivity index (χ4n) is 3.17. The molecule has 8 heteroatoms. The van der Waals surface area contributed by atoms with Gasteiger partial charge < -0.3 is 10.3 Å². The van der Waals surface area contributed by atoms with Crippen molar-refractivity contribution >= 4 is 22.5 Å². The van der Waals surface area contributed by atoms with Gasteiger partial charge >= 0.3 is 0 Å². The van der Waals surface area contributed by atoms with E-state index in [-0.39, 0.29) is 5.95 Å². The number of hydrogen-bond donors (Lipinski definition) is 2. The standard InChI is InChI=1S/C18H16F2N6/c19-18(20,12-1-2-12)10-23-17-22-9-15-14(8-21-16(15)25-17)11-4-6-26-13(7-11)3-5-24-26/h3-9,12H,1-2,10H2,(H2,21,22,23,25). The Balaban J connectivity index is 1.43. The first-order valence-corrected chi connectivity index (χ1v) is 8.50. The highest BCUT2D eigenvalue weighted by Crippen LogP contribution is 2.43. The summed E-state index contributed by atoms with van der Waals surface area (Å²) in [6.07, 6.45) is 8.33. The first-order valence-electron chi connectivity index (χ1n) is 8.50. The molecule has 0 aliphatic heterocycles. The summed E-state index contributed by atoms with van der Waals surface area (Å²) < 4.78 is 29.4. The molecule has 0 unspecified atom stereocenters. The third kappa shape index (κ3) is 2.58. The van der Waals surface area contributed by atoms with Gasteiger partial charge in [0.05, 0.1) is 12.1 Å². The van der Waals surface area contributed by atoms with E-state index in [4.69, 9.17) is 0 Å². The Bertz CT molecular complexity index is 1100. The number of nitrogens with one attached hydrogen (secondary N) is 2. The highest BCUT2D eigenvalue weighted by molar-refractivity contribution is 5.94. The van der Waals surface area contributed by atoms with E-state index in [2.05, 4.69) is 25.4 Å². The zero-order valence-electron chi connectivity index (χ0n) is 13.8. The molecule has 0 saturated heterocycles. The van der Waals surface area contributed by atoms with Gasteiger partial charge in [-0.15, -0.1) is 0 Å². The summed E-state index contributed by atoms with van der Waals surface area (Å²) in [5.41, 5.74) is 3.56. The number of aromatic nitrogens is 5. The van der Waals surface area contributed by atoms with Gasteiger partial charge in [-0.25, -0.2) is 18.3 Å². The largest absolute Gasteiger partial charge is 0.348 e. The van der Waals surface area contributed by atoms with Gasteiger partial charge in [0.1, 0.15) is 5.65 Å². The van der Waals surface area contributed by atoms with Crippen molar-refractivity contribution in [3.05, 3.63) is 43.0 Å². The van der Waals surface area contributed by atoms with E-state index in [0.29, 0.717) is 18.5 Å². The van der Waals surface area contributed by atoms with Crippen molar-refractivity contribution in [2.75, 3.05) is 11.9 Å². The van der Waals surface area contributed by atoms with Crippen LogP contribution < -0.4 is 5.32 Å². The Labute approximate surface area is 147 Å². The molecule has 1 saturated carbocycles. The van der Waals surface area contributed by atoms with E-state index in [9.17, 15) is 8.78 Å². The summed E-state index contributed by atoms with van der Waals surface area (Å²) >= 11 is 0. The number of hydrogen-bond acceptors (Lipinski definition) is 4. The van der Waals surface area contributed by atoms with Gasteiger partial charge in [0.15, 0.2) is 0 Å². The summed E-state index contributed by atoms with van der Waals surface area (Å²) in [5, 5.41) is 7.69. The van der Waals surface area contributed by atoms with Crippen LogP contribution in [0.1, 0.15) is 12.8 Å². The Kier molecular flexibility index (Phi) is 3.22. The lowest BCUT2D eigenvalue weighted by Crippen LogP contribution is -2.29.